The summed E-state index contributed by atoms with van der Waals surface area (Å²) in [6.07, 6.45) is -1.98. The Morgan fingerprint density at radius 1 is 1.21 bits per heavy atom. The van der Waals surface area contributed by atoms with Crippen molar-refractivity contribution in [1.82, 2.24) is 4.90 Å². The van der Waals surface area contributed by atoms with Gasteiger partial charge in [0.15, 0.2) is 0 Å². The minimum absolute atomic E-state index is 0.127. The van der Waals surface area contributed by atoms with E-state index in [0.29, 0.717) is 31.6 Å². The number of halogens is 3. The van der Waals surface area contributed by atoms with E-state index in [1.54, 1.807) is 0 Å². The summed E-state index contributed by atoms with van der Waals surface area (Å²) in [6, 6.07) is 4.87. The van der Waals surface area contributed by atoms with E-state index in [1.165, 1.54) is 19.2 Å². The van der Waals surface area contributed by atoms with Crippen molar-refractivity contribution < 1.29 is 32.6 Å². The predicted molar refractivity (Wildman–Crippen MR) is 94.6 cm³/mol. The summed E-state index contributed by atoms with van der Waals surface area (Å²) in [5.41, 5.74) is -4.17. The number of Topliss-reactive ketones (excluding diaryl/α,β-unsaturated/α-hetero) is 1. The summed E-state index contributed by atoms with van der Waals surface area (Å²) >= 11 is 0. The number of benzene rings is 1. The molecule has 1 amide bonds. The molecule has 1 aliphatic heterocycles. The van der Waals surface area contributed by atoms with Gasteiger partial charge in [-0.15, -0.1) is 0 Å². The van der Waals surface area contributed by atoms with Crippen molar-refractivity contribution in [2.45, 2.75) is 43.9 Å². The van der Waals surface area contributed by atoms with Crippen molar-refractivity contribution in [3.05, 3.63) is 29.8 Å². The standard InChI is InChI=1S/C20H24F3NO4/c1-28-17-4-2-3-15(12-17)19(27,20(21,22)23)18(26)24-7-5-13(6-8-24)9-14-10-16(25)11-14/h2-4,12-14,27H,5-11H2,1H3. The van der Waals surface area contributed by atoms with Gasteiger partial charge < -0.3 is 14.7 Å². The first-order valence-corrected chi connectivity index (χ1v) is 9.40. The molecule has 154 valence electrons. The third kappa shape index (κ3) is 3.87. The molecule has 0 radical (unpaired) electrons. The fourth-order valence-corrected chi connectivity index (χ4v) is 4.08. The van der Waals surface area contributed by atoms with Gasteiger partial charge in [0.25, 0.3) is 11.5 Å². The summed E-state index contributed by atoms with van der Waals surface area (Å²) in [5.74, 6) is -0.319. The molecule has 1 aromatic carbocycles. The number of hydrogen-bond acceptors (Lipinski definition) is 4. The molecule has 1 heterocycles. The highest BCUT2D eigenvalue weighted by Crippen LogP contribution is 2.42. The molecule has 8 heteroatoms. The molecule has 0 spiro atoms. The average Bonchev–Trinajstić information content (AvgIpc) is 2.65. The molecular formula is C20H24F3NO4. The van der Waals surface area contributed by atoms with Crippen LogP contribution in [0.5, 0.6) is 5.75 Å². The van der Waals surface area contributed by atoms with Gasteiger partial charge in [0.2, 0.25) is 0 Å². The zero-order valence-corrected chi connectivity index (χ0v) is 15.7. The van der Waals surface area contributed by atoms with E-state index in [0.717, 1.165) is 23.5 Å². The number of likely N-dealkylation sites (tertiary alicyclic amines) is 1. The lowest BCUT2D eigenvalue weighted by Crippen LogP contribution is -2.57. The number of ketones is 1. The SMILES string of the molecule is COc1cccc(C(O)(C(=O)N2CCC(CC3CC(=O)C3)CC2)C(F)(F)F)c1. The molecule has 1 unspecified atom stereocenters. The molecule has 2 aliphatic rings. The molecule has 0 aromatic heterocycles. The van der Waals surface area contributed by atoms with Crippen molar-refractivity contribution >= 4 is 11.7 Å². The van der Waals surface area contributed by atoms with Crippen LogP contribution in [0.3, 0.4) is 0 Å². The lowest BCUT2D eigenvalue weighted by molar-refractivity contribution is -0.262. The van der Waals surface area contributed by atoms with E-state index in [2.05, 4.69) is 0 Å². The number of nitrogens with zero attached hydrogens (tertiary/aromatic N) is 1. The molecule has 1 aliphatic carbocycles. The van der Waals surface area contributed by atoms with E-state index in [4.69, 9.17) is 4.74 Å². The van der Waals surface area contributed by atoms with Crippen LogP contribution >= 0.6 is 0 Å². The molecule has 1 N–H and O–H groups in total. The lowest BCUT2D eigenvalue weighted by Gasteiger charge is -2.39. The molecule has 3 rings (SSSR count). The Morgan fingerprint density at radius 3 is 2.39 bits per heavy atom. The molecular weight excluding hydrogens is 375 g/mol. The van der Waals surface area contributed by atoms with Crippen LogP contribution in [0.2, 0.25) is 0 Å². The molecule has 1 saturated carbocycles. The highest BCUT2D eigenvalue weighted by atomic mass is 19.4. The summed E-state index contributed by atoms with van der Waals surface area (Å²) in [6.45, 7) is 0.319. The van der Waals surface area contributed by atoms with Gasteiger partial charge in [-0.2, -0.15) is 13.2 Å². The maximum Gasteiger partial charge on any atom is 0.430 e. The fraction of sp³-hybridized carbons (Fsp3) is 0.600. The van der Waals surface area contributed by atoms with Crippen molar-refractivity contribution in [2.75, 3.05) is 20.2 Å². The second-order valence-corrected chi connectivity index (χ2v) is 7.72. The monoisotopic (exact) mass is 399 g/mol. The number of methoxy groups -OCH3 is 1. The molecule has 5 nitrogen and oxygen atoms in total. The third-order valence-corrected chi connectivity index (χ3v) is 5.81. The second-order valence-electron chi connectivity index (χ2n) is 7.72. The van der Waals surface area contributed by atoms with E-state index in [1.807, 2.05) is 0 Å². The number of rotatable bonds is 5. The van der Waals surface area contributed by atoms with Gasteiger partial charge in [0.1, 0.15) is 11.5 Å². The van der Waals surface area contributed by atoms with Crippen molar-refractivity contribution in [3.63, 3.8) is 0 Å². The summed E-state index contributed by atoms with van der Waals surface area (Å²) in [5, 5.41) is 10.5. The van der Waals surface area contributed by atoms with Gasteiger partial charge in [-0.05, 0) is 43.2 Å². The quantitative estimate of drug-likeness (QED) is 0.827. The van der Waals surface area contributed by atoms with Gasteiger partial charge in [-0.25, -0.2) is 0 Å². The minimum atomic E-state index is -5.17. The van der Waals surface area contributed by atoms with Gasteiger partial charge in [-0.3, -0.25) is 9.59 Å². The minimum Gasteiger partial charge on any atom is -0.497 e. The zero-order valence-electron chi connectivity index (χ0n) is 15.7. The van der Waals surface area contributed by atoms with Gasteiger partial charge in [-0.1, -0.05) is 12.1 Å². The second kappa shape index (κ2) is 7.73. The largest absolute Gasteiger partial charge is 0.497 e. The topological polar surface area (TPSA) is 66.8 Å². The van der Waals surface area contributed by atoms with Gasteiger partial charge in [0, 0.05) is 31.5 Å². The Bertz CT molecular complexity index is 735. The maximum atomic E-state index is 13.8. The van der Waals surface area contributed by atoms with Crippen LogP contribution < -0.4 is 4.74 Å². The van der Waals surface area contributed by atoms with E-state index in [9.17, 15) is 27.9 Å². The molecule has 1 aromatic rings. The summed E-state index contributed by atoms with van der Waals surface area (Å²) < 4.78 is 46.3. The number of carbonyl (C=O) groups is 2. The first-order chi connectivity index (χ1) is 13.1. The Kier molecular flexibility index (Phi) is 5.70. The van der Waals surface area contributed by atoms with Crippen LogP contribution in [0, 0.1) is 11.8 Å². The Balaban J connectivity index is 1.73. The fourth-order valence-electron chi connectivity index (χ4n) is 4.08. The van der Waals surface area contributed by atoms with Crippen LogP contribution in [0.15, 0.2) is 24.3 Å². The Hall–Kier alpha value is -2.09. The first kappa shape index (κ1) is 20.6. The normalized spacial score (nSPS) is 21.2. The Labute approximate surface area is 161 Å². The molecule has 28 heavy (non-hydrogen) atoms. The van der Waals surface area contributed by atoms with E-state index in [-0.39, 0.29) is 30.5 Å². The highest BCUT2D eigenvalue weighted by molar-refractivity contribution is 5.87. The molecule has 2 fully saturated rings. The number of carbonyl (C=O) groups excluding carboxylic acids is 2. The summed E-state index contributed by atoms with van der Waals surface area (Å²) in [4.78, 5) is 25.0. The van der Waals surface area contributed by atoms with Crippen LogP contribution in [0.4, 0.5) is 13.2 Å². The molecule has 1 saturated heterocycles. The van der Waals surface area contributed by atoms with E-state index < -0.39 is 23.2 Å². The van der Waals surface area contributed by atoms with E-state index >= 15 is 0 Å². The lowest BCUT2D eigenvalue weighted by atomic mass is 9.75. The number of aliphatic hydroxyl groups is 1. The smallest absolute Gasteiger partial charge is 0.430 e. The molecule has 0 bridgehead atoms. The van der Waals surface area contributed by atoms with Gasteiger partial charge in [0.05, 0.1) is 7.11 Å². The van der Waals surface area contributed by atoms with Crippen molar-refractivity contribution in [3.8, 4) is 5.75 Å². The summed E-state index contributed by atoms with van der Waals surface area (Å²) in [7, 11) is 1.30. The van der Waals surface area contributed by atoms with Crippen LogP contribution in [0.25, 0.3) is 0 Å². The Morgan fingerprint density at radius 2 is 1.86 bits per heavy atom. The van der Waals surface area contributed by atoms with Crippen molar-refractivity contribution in [2.24, 2.45) is 11.8 Å². The predicted octanol–water partition coefficient (Wildman–Crippen LogP) is 3.05. The van der Waals surface area contributed by atoms with Crippen LogP contribution in [-0.2, 0) is 15.2 Å². The maximum absolute atomic E-state index is 13.8. The third-order valence-electron chi connectivity index (χ3n) is 5.81. The highest BCUT2D eigenvalue weighted by Gasteiger charge is 2.62. The first-order valence-electron chi connectivity index (χ1n) is 9.40. The number of piperidine rings is 1. The number of alkyl halides is 3. The van der Waals surface area contributed by atoms with Crippen LogP contribution in [0.1, 0.15) is 37.7 Å². The number of hydrogen-bond donors (Lipinski definition) is 1. The number of amides is 1. The zero-order chi connectivity index (χ0) is 20.5. The van der Waals surface area contributed by atoms with Crippen LogP contribution in [-0.4, -0.2) is 48.1 Å². The van der Waals surface area contributed by atoms with Crippen molar-refractivity contribution in [1.29, 1.82) is 0 Å². The molecule has 1 atom stereocenters. The number of ether oxygens (including phenoxy) is 1. The average molecular weight is 399 g/mol. The van der Waals surface area contributed by atoms with Gasteiger partial charge >= 0.3 is 6.18 Å².